The highest BCUT2D eigenvalue weighted by Crippen LogP contribution is 2.23. The van der Waals surface area contributed by atoms with Crippen LogP contribution in [-0.4, -0.2) is 22.3 Å². The molecule has 0 aliphatic heterocycles. The maximum Gasteiger partial charge on any atom is 0.253 e. The van der Waals surface area contributed by atoms with Crippen molar-refractivity contribution in [3.63, 3.8) is 0 Å². The highest BCUT2D eigenvalue weighted by atomic mass is 35.5. The van der Waals surface area contributed by atoms with Gasteiger partial charge in [0.1, 0.15) is 0 Å². The summed E-state index contributed by atoms with van der Waals surface area (Å²) >= 11 is 11.9. The molecule has 0 atom stereocenters. The number of pyridine rings is 1. The Labute approximate surface area is 111 Å². The number of halogens is 2. The molecule has 1 aliphatic rings. The van der Waals surface area contributed by atoms with Crippen LogP contribution in [0.5, 0.6) is 0 Å². The quantitative estimate of drug-likeness (QED) is 0.841. The predicted octanol–water partition coefficient (Wildman–Crippen LogP) is 3.01. The van der Waals surface area contributed by atoms with E-state index < -0.39 is 0 Å². The van der Waals surface area contributed by atoms with Crippen LogP contribution >= 0.6 is 23.2 Å². The van der Waals surface area contributed by atoms with E-state index >= 15 is 0 Å². The van der Waals surface area contributed by atoms with Crippen LogP contribution in [0.3, 0.4) is 0 Å². The first-order valence-electron chi connectivity index (χ1n) is 5.71. The van der Waals surface area contributed by atoms with E-state index in [-0.39, 0.29) is 17.3 Å². The zero-order valence-corrected chi connectivity index (χ0v) is 10.8. The second-order valence-corrected chi connectivity index (χ2v) is 5.30. The maximum atomic E-state index is 12.0. The van der Waals surface area contributed by atoms with Crippen LogP contribution in [0.2, 0.25) is 5.02 Å². The lowest BCUT2D eigenvalue weighted by atomic mass is 9.95. The number of aromatic nitrogens is 1. The molecule has 0 spiro atoms. The number of nitrogens with one attached hydrogen (secondary N) is 1. The van der Waals surface area contributed by atoms with Crippen LogP contribution in [0, 0.1) is 0 Å². The molecule has 1 aromatic heterocycles. The lowest BCUT2D eigenvalue weighted by Crippen LogP contribution is -2.37. The summed E-state index contributed by atoms with van der Waals surface area (Å²) in [7, 11) is 0. The van der Waals surface area contributed by atoms with Crippen LogP contribution in [0.25, 0.3) is 0 Å². The van der Waals surface area contributed by atoms with Crippen molar-refractivity contribution in [1.29, 1.82) is 0 Å². The Kier molecular flexibility index (Phi) is 4.24. The normalized spacial score (nSPS) is 24.4. The highest BCUT2D eigenvalue weighted by Gasteiger charge is 2.21. The summed E-state index contributed by atoms with van der Waals surface area (Å²) in [6.07, 6.45) is 6.82. The summed E-state index contributed by atoms with van der Waals surface area (Å²) in [5.41, 5.74) is 0.481. The molecule has 1 aromatic rings. The van der Waals surface area contributed by atoms with Gasteiger partial charge in [0.25, 0.3) is 5.91 Å². The Morgan fingerprint density at radius 2 is 2.06 bits per heavy atom. The second-order valence-electron chi connectivity index (χ2n) is 4.28. The van der Waals surface area contributed by atoms with E-state index in [0.717, 1.165) is 25.7 Å². The molecule has 1 N–H and O–H groups in total. The lowest BCUT2D eigenvalue weighted by molar-refractivity contribution is 0.0928. The number of carbonyl (C=O) groups is 1. The van der Waals surface area contributed by atoms with Crippen molar-refractivity contribution >= 4 is 29.1 Å². The number of nitrogens with zero attached hydrogens (tertiary/aromatic N) is 1. The van der Waals surface area contributed by atoms with E-state index in [1.165, 1.54) is 6.20 Å². The van der Waals surface area contributed by atoms with Gasteiger partial charge in [0.2, 0.25) is 0 Å². The molecule has 0 aromatic carbocycles. The first kappa shape index (κ1) is 12.7. The molecular weight excluding hydrogens is 259 g/mol. The molecule has 1 fully saturated rings. The van der Waals surface area contributed by atoms with Crippen molar-refractivity contribution in [2.45, 2.75) is 37.1 Å². The Hall–Kier alpha value is -0.800. The third kappa shape index (κ3) is 3.33. The molecule has 0 saturated heterocycles. The Balaban J connectivity index is 1.96. The van der Waals surface area contributed by atoms with Gasteiger partial charge in [-0.3, -0.25) is 9.78 Å². The summed E-state index contributed by atoms with van der Waals surface area (Å²) < 4.78 is 0. The molecule has 5 heteroatoms. The fourth-order valence-corrected chi connectivity index (χ4v) is 2.48. The number of hydrogen-bond donors (Lipinski definition) is 1. The Morgan fingerprint density at radius 3 is 2.71 bits per heavy atom. The SMILES string of the molecule is O=C(NC1CCC(Cl)CC1)c1ccncc1Cl. The summed E-state index contributed by atoms with van der Waals surface area (Å²) in [6, 6.07) is 1.84. The van der Waals surface area contributed by atoms with E-state index in [9.17, 15) is 4.79 Å². The van der Waals surface area contributed by atoms with Crippen molar-refractivity contribution in [1.82, 2.24) is 10.3 Å². The summed E-state index contributed by atoms with van der Waals surface area (Å²) in [5, 5.41) is 3.63. The number of amides is 1. The molecule has 92 valence electrons. The molecule has 3 nitrogen and oxygen atoms in total. The number of hydrogen-bond acceptors (Lipinski definition) is 2. The van der Waals surface area contributed by atoms with Gasteiger partial charge in [0.15, 0.2) is 0 Å². The molecule has 0 bridgehead atoms. The van der Waals surface area contributed by atoms with Crippen LogP contribution in [0.15, 0.2) is 18.5 Å². The van der Waals surface area contributed by atoms with Crippen LogP contribution in [0.4, 0.5) is 0 Å². The average molecular weight is 273 g/mol. The van der Waals surface area contributed by atoms with Gasteiger partial charge in [-0.15, -0.1) is 11.6 Å². The standard InChI is InChI=1S/C12H14Cl2N2O/c13-8-1-3-9(4-2-8)16-12(17)10-5-6-15-7-11(10)14/h5-9H,1-4H2,(H,16,17). The molecule has 1 amide bonds. The van der Waals surface area contributed by atoms with Gasteiger partial charge in [-0.2, -0.15) is 0 Å². The lowest BCUT2D eigenvalue weighted by Gasteiger charge is -2.25. The van der Waals surface area contributed by atoms with Crippen LogP contribution in [-0.2, 0) is 0 Å². The third-order valence-corrected chi connectivity index (χ3v) is 3.75. The zero-order chi connectivity index (χ0) is 12.3. The highest BCUT2D eigenvalue weighted by molar-refractivity contribution is 6.33. The topological polar surface area (TPSA) is 42.0 Å². The predicted molar refractivity (Wildman–Crippen MR) is 68.6 cm³/mol. The minimum Gasteiger partial charge on any atom is -0.349 e. The molecule has 1 heterocycles. The molecule has 0 radical (unpaired) electrons. The molecule has 2 rings (SSSR count). The monoisotopic (exact) mass is 272 g/mol. The van der Waals surface area contributed by atoms with E-state index in [2.05, 4.69) is 10.3 Å². The molecule has 1 aliphatic carbocycles. The number of alkyl halides is 1. The first-order chi connectivity index (χ1) is 8.16. The maximum absolute atomic E-state index is 12.0. The van der Waals surface area contributed by atoms with Crippen molar-refractivity contribution in [2.24, 2.45) is 0 Å². The van der Waals surface area contributed by atoms with Gasteiger partial charge in [-0.05, 0) is 31.7 Å². The summed E-state index contributed by atoms with van der Waals surface area (Å²) in [5.74, 6) is -0.129. The van der Waals surface area contributed by atoms with Gasteiger partial charge in [-0.1, -0.05) is 11.6 Å². The van der Waals surface area contributed by atoms with Gasteiger partial charge in [0.05, 0.1) is 10.6 Å². The molecule has 17 heavy (non-hydrogen) atoms. The van der Waals surface area contributed by atoms with Crippen molar-refractivity contribution in [3.05, 3.63) is 29.0 Å². The van der Waals surface area contributed by atoms with E-state index in [0.29, 0.717) is 10.6 Å². The van der Waals surface area contributed by atoms with E-state index in [1.807, 2.05) is 0 Å². The minimum absolute atomic E-state index is 0.129. The van der Waals surface area contributed by atoms with E-state index in [4.69, 9.17) is 23.2 Å². The number of carbonyl (C=O) groups excluding carboxylic acids is 1. The minimum atomic E-state index is -0.129. The van der Waals surface area contributed by atoms with Gasteiger partial charge >= 0.3 is 0 Å². The van der Waals surface area contributed by atoms with Gasteiger partial charge in [-0.25, -0.2) is 0 Å². The van der Waals surface area contributed by atoms with Crippen molar-refractivity contribution < 1.29 is 4.79 Å². The number of rotatable bonds is 2. The molecule has 1 saturated carbocycles. The van der Waals surface area contributed by atoms with E-state index in [1.54, 1.807) is 12.3 Å². The summed E-state index contributed by atoms with van der Waals surface area (Å²) in [6.45, 7) is 0. The van der Waals surface area contributed by atoms with Gasteiger partial charge < -0.3 is 5.32 Å². The second kappa shape index (κ2) is 5.69. The first-order valence-corrected chi connectivity index (χ1v) is 6.52. The third-order valence-electron chi connectivity index (χ3n) is 3.01. The molecular formula is C12H14Cl2N2O. The largest absolute Gasteiger partial charge is 0.349 e. The van der Waals surface area contributed by atoms with Crippen LogP contribution < -0.4 is 5.32 Å². The van der Waals surface area contributed by atoms with Crippen molar-refractivity contribution in [3.8, 4) is 0 Å². The fourth-order valence-electron chi connectivity index (χ4n) is 2.02. The zero-order valence-electron chi connectivity index (χ0n) is 9.33. The van der Waals surface area contributed by atoms with Crippen molar-refractivity contribution in [2.75, 3.05) is 0 Å². The Bertz CT molecular complexity index is 403. The Morgan fingerprint density at radius 1 is 1.35 bits per heavy atom. The average Bonchev–Trinajstić information content (AvgIpc) is 2.32. The van der Waals surface area contributed by atoms with Gasteiger partial charge in [0, 0.05) is 23.8 Å². The van der Waals surface area contributed by atoms with Crippen LogP contribution in [0.1, 0.15) is 36.0 Å². The fraction of sp³-hybridized carbons (Fsp3) is 0.500. The summed E-state index contributed by atoms with van der Waals surface area (Å²) in [4.78, 5) is 15.8. The smallest absolute Gasteiger partial charge is 0.253 e. The molecule has 0 unspecified atom stereocenters.